The summed E-state index contributed by atoms with van der Waals surface area (Å²) in [5.74, 6) is 1.26. The Morgan fingerprint density at radius 3 is 2.82 bits per heavy atom. The number of nitrogens with zero attached hydrogens (tertiary/aromatic N) is 1. The Morgan fingerprint density at radius 2 is 2.18 bits per heavy atom. The summed E-state index contributed by atoms with van der Waals surface area (Å²) in [6, 6.07) is 2.05. The lowest BCUT2D eigenvalue weighted by molar-refractivity contribution is 0.651. The zero-order chi connectivity index (χ0) is 8.36. The van der Waals surface area contributed by atoms with E-state index < -0.39 is 0 Å². The largest absolute Gasteiger partial charge is 0.304 e. The Bertz CT molecular complexity index is 109. The third-order valence-electron chi connectivity index (χ3n) is 1.41. The average Bonchev–Trinajstić information content (AvgIpc) is 2.03. The molecule has 0 aromatic carbocycles. The molecule has 0 unspecified atom stereocenters. The summed E-state index contributed by atoms with van der Waals surface area (Å²) in [5.41, 5.74) is 0. The first-order valence-corrected chi connectivity index (χ1v) is 5.38. The number of nitrogens with one attached hydrogen (secondary N) is 1. The summed E-state index contributed by atoms with van der Waals surface area (Å²) >= 11 is 1.90. The molecule has 3 heteroatoms. The lowest BCUT2D eigenvalue weighted by atomic mass is 10.2. The van der Waals surface area contributed by atoms with Gasteiger partial charge in [0.05, 0.1) is 12.6 Å². The zero-order valence-electron chi connectivity index (χ0n) is 7.10. The summed E-state index contributed by atoms with van der Waals surface area (Å²) < 4.78 is 0. The van der Waals surface area contributed by atoms with Gasteiger partial charge in [0.1, 0.15) is 0 Å². The van der Waals surface area contributed by atoms with Gasteiger partial charge in [0, 0.05) is 0 Å². The highest BCUT2D eigenvalue weighted by atomic mass is 32.2. The van der Waals surface area contributed by atoms with Crippen LogP contribution in [0, 0.1) is 11.3 Å². The van der Waals surface area contributed by atoms with E-state index in [9.17, 15) is 0 Å². The van der Waals surface area contributed by atoms with Crippen LogP contribution in [0.4, 0.5) is 0 Å². The van der Waals surface area contributed by atoms with Crippen molar-refractivity contribution in [2.45, 2.75) is 19.3 Å². The highest BCUT2D eigenvalue weighted by molar-refractivity contribution is 7.98. The first-order valence-electron chi connectivity index (χ1n) is 3.98. The van der Waals surface area contributed by atoms with Crippen LogP contribution in [0.5, 0.6) is 0 Å². The van der Waals surface area contributed by atoms with Gasteiger partial charge in [-0.3, -0.25) is 0 Å². The Balaban J connectivity index is 2.75. The molecule has 0 rings (SSSR count). The first-order chi connectivity index (χ1) is 5.41. The Kier molecular flexibility index (Phi) is 9.62. The smallest absolute Gasteiger partial charge is 0.0840 e. The second-order valence-corrected chi connectivity index (χ2v) is 3.37. The summed E-state index contributed by atoms with van der Waals surface area (Å²) in [7, 11) is 0. The van der Waals surface area contributed by atoms with E-state index in [4.69, 9.17) is 5.26 Å². The molecule has 0 saturated carbocycles. The van der Waals surface area contributed by atoms with E-state index in [1.54, 1.807) is 0 Å². The fraction of sp³-hybridized carbons (Fsp3) is 0.875. The molecular formula is C8H16N2S. The molecular weight excluding hydrogens is 156 g/mol. The highest BCUT2D eigenvalue weighted by Gasteiger charge is 1.87. The van der Waals surface area contributed by atoms with Crippen LogP contribution in [0.15, 0.2) is 0 Å². The SMILES string of the molecule is CSCCCCCNCC#N. The normalized spacial score (nSPS) is 9.45. The van der Waals surface area contributed by atoms with Crippen LogP contribution >= 0.6 is 11.8 Å². The average molecular weight is 172 g/mol. The monoisotopic (exact) mass is 172 g/mol. The minimum Gasteiger partial charge on any atom is -0.304 e. The summed E-state index contributed by atoms with van der Waals surface area (Å²) in [5, 5.41) is 11.2. The molecule has 11 heavy (non-hydrogen) atoms. The van der Waals surface area contributed by atoms with Crippen molar-refractivity contribution >= 4 is 11.8 Å². The van der Waals surface area contributed by atoms with Crippen molar-refractivity contribution in [2.75, 3.05) is 25.1 Å². The Morgan fingerprint density at radius 1 is 1.36 bits per heavy atom. The third-order valence-corrected chi connectivity index (χ3v) is 2.10. The molecule has 0 atom stereocenters. The summed E-state index contributed by atoms with van der Waals surface area (Å²) in [6.07, 6.45) is 5.91. The Labute approximate surface area is 73.4 Å². The number of rotatable bonds is 7. The van der Waals surface area contributed by atoms with Gasteiger partial charge in [-0.1, -0.05) is 6.42 Å². The number of unbranched alkanes of at least 4 members (excludes halogenated alkanes) is 2. The van der Waals surface area contributed by atoms with Gasteiger partial charge in [-0.15, -0.1) is 0 Å². The van der Waals surface area contributed by atoms with Crippen LogP contribution in [0.1, 0.15) is 19.3 Å². The molecule has 0 aliphatic rings. The summed E-state index contributed by atoms with van der Waals surface area (Å²) in [6.45, 7) is 1.48. The second kappa shape index (κ2) is 9.80. The summed E-state index contributed by atoms with van der Waals surface area (Å²) in [4.78, 5) is 0. The predicted octanol–water partition coefficient (Wildman–Crippen LogP) is 1.63. The van der Waals surface area contributed by atoms with Crippen molar-refractivity contribution in [3.63, 3.8) is 0 Å². The van der Waals surface area contributed by atoms with E-state index in [1.165, 1.54) is 25.0 Å². The molecule has 0 aromatic rings. The minimum atomic E-state index is 0.489. The minimum absolute atomic E-state index is 0.489. The van der Waals surface area contributed by atoms with Gasteiger partial charge in [0.25, 0.3) is 0 Å². The van der Waals surface area contributed by atoms with Crippen LogP contribution in [-0.4, -0.2) is 25.1 Å². The van der Waals surface area contributed by atoms with Crippen LogP contribution in [0.2, 0.25) is 0 Å². The fourth-order valence-electron chi connectivity index (χ4n) is 0.817. The molecule has 0 aromatic heterocycles. The van der Waals surface area contributed by atoms with E-state index in [-0.39, 0.29) is 0 Å². The maximum absolute atomic E-state index is 8.19. The highest BCUT2D eigenvalue weighted by Crippen LogP contribution is 2.00. The molecule has 0 aliphatic carbocycles. The van der Waals surface area contributed by atoms with Crippen molar-refractivity contribution in [1.29, 1.82) is 5.26 Å². The molecule has 0 amide bonds. The molecule has 1 N–H and O–H groups in total. The molecule has 64 valence electrons. The molecule has 0 bridgehead atoms. The molecule has 0 saturated heterocycles. The van der Waals surface area contributed by atoms with Crippen molar-refractivity contribution in [2.24, 2.45) is 0 Å². The van der Waals surface area contributed by atoms with E-state index in [0.29, 0.717) is 6.54 Å². The van der Waals surface area contributed by atoms with E-state index >= 15 is 0 Å². The molecule has 0 spiro atoms. The third kappa shape index (κ3) is 9.80. The van der Waals surface area contributed by atoms with Gasteiger partial charge in [0.15, 0.2) is 0 Å². The lowest BCUT2D eigenvalue weighted by Gasteiger charge is -1.99. The fourth-order valence-corrected chi connectivity index (χ4v) is 1.31. The van der Waals surface area contributed by atoms with Crippen molar-refractivity contribution in [3.8, 4) is 6.07 Å². The topological polar surface area (TPSA) is 35.8 Å². The van der Waals surface area contributed by atoms with Crippen LogP contribution in [-0.2, 0) is 0 Å². The maximum Gasteiger partial charge on any atom is 0.0840 e. The molecule has 2 nitrogen and oxygen atoms in total. The quantitative estimate of drug-likeness (QED) is 0.468. The standard InChI is InChI=1S/C8H16N2S/c1-11-8-4-2-3-6-10-7-5-9/h10H,2-4,6-8H2,1H3. The van der Waals surface area contributed by atoms with Gasteiger partial charge >= 0.3 is 0 Å². The van der Waals surface area contributed by atoms with Gasteiger partial charge < -0.3 is 5.32 Å². The first kappa shape index (κ1) is 10.8. The molecule has 0 aliphatic heterocycles. The number of nitriles is 1. The van der Waals surface area contributed by atoms with E-state index in [1.807, 2.05) is 11.8 Å². The van der Waals surface area contributed by atoms with Crippen molar-refractivity contribution < 1.29 is 0 Å². The van der Waals surface area contributed by atoms with Gasteiger partial charge in [-0.05, 0) is 31.4 Å². The number of thioether (sulfide) groups is 1. The van der Waals surface area contributed by atoms with E-state index in [2.05, 4.69) is 17.6 Å². The van der Waals surface area contributed by atoms with Gasteiger partial charge in [-0.25, -0.2) is 0 Å². The molecule has 0 heterocycles. The molecule has 0 radical (unpaired) electrons. The molecule has 0 fully saturated rings. The van der Waals surface area contributed by atoms with Crippen LogP contribution in [0.3, 0.4) is 0 Å². The number of hydrogen-bond acceptors (Lipinski definition) is 3. The van der Waals surface area contributed by atoms with Gasteiger partial charge in [-0.2, -0.15) is 17.0 Å². The van der Waals surface area contributed by atoms with Crippen LogP contribution in [0.25, 0.3) is 0 Å². The van der Waals surface area contributed by atoms with Gasteiger partial charge in [0.2, 0.25) is 0 Å². The number of hydrogen-bond donors (Lipinski definition) is 1. The van der Waals surface area contributed by atoms with Crippen molar-refractivity contribution in [1.82, 2.24) is 5.32 Å². The Hall–Kier alpha value is -0.200. The predicted molar refractivity (Wildman–Crippen MR) is 50.7 cm³/mol. The second-order valence-electron chi connectivity index (χ2n) is 2.39. The maximum atomic E-state index is 8.19. The van der Waals surface area contributed by atoms with Crippen LogP contribution < -0.4 is 5.32 Å². The van der Waals surface area contributed by atoms with E-state index in [0.717, 1.165) is 6.54 Å². The van der Waals surface area contributed by atoms with Crippen molar-refractivity contribution in [3.05, 3.63) is 0 Å². The zero-order valence-corrected chi connectivity index (χ0v) is 7.91. The lowest BCUT2D eigenvalue weighted by Crippen LogP contribution is -2.14.